The number of methoxy groups -OCH3 is 1. The Morgan fingerprint density at radius 2 is 2.05 bits per heavy atom. The molecule has 0 saturated heterocycles. The van der Waals surface area contributed by atoms with Crippen LogP contribution < -0.4 is 20.9 Å². The molecule has 0 bridgehead atoms. The van der Waals surface area contributed by atoms with Crippen molar-refractivity contribution in [3.05, 3.63) is 41.7 Å². The van der Waals surface area contributed by atoms with Gasteiger partial charge in [0.25, 0.3) is 5.91 Å². The third kappa shape index (κ3) is 2.77. The summed E-state index contributed by atoms with van der Waals surface area (Å²) in [5.41, 5.74) is 10.8. The number of carbonyl (C=O) groups is 1. The average molecular weight is 277 g/mol. The van der Waals surface area contributed by atoms with E-state index in [2.05, 4.69) is 4.98 Å². The largest absolute Gasteiger partial charge is 0.481 e. The van der Waals surface area contributed by atoms with Crippen LogP contribution in [0.5, 0.6) is 17.5 Å². The number of pyridine rings is 1. The van der Waals surface area contributed by atoms with Crippen LogP contribution >= 0.6 is 0 Å². The molecule has 0 aliphatic heterocycles. The zero-order chi connectivity index (χ0) is 14.7. The lowest BCUT2D eigenvalue weighted by atomic mass is 10.2. The minimum absolute atomic E-state index is 0.0792. The van der Waals surface area contributed by atoms with Crippen LogP contribution in [0.4, 0.5) is 10.1 Å². The number of anilines is 1. The SMILES string of the molecule is COc1ccc(N)c(Oc2ccc(C(N)=O)c(F)c2)n1. The molecule has 6 nitrogen and oxygen atoms in total. The van der Waals surface area contributed by atoms with Gasteiger partial charge in [-0.25, -0.2) is 4.39 Å². The molecule has 1 heterocycles. The van der Waals surface area contributed by atoms with E-state index in [-0.39, 0.29) is 22.9 Å². The maximum absolute atomic E-state index is 13.6. The predicted molar refractivity (Wildman–Crippen MR) is 70.2 cm³/mol. The number of carbonyl (C=O) groups excluding carboxylic acids is 1. The van der Waals surface area contributed by atoms with Gasteiger partial charge in [0.05, 0.1) is 18.4 Å². The lowest BCUT2D eigenvalue weighted by molar-refractivity contribution is 0.0996. The summed E-state index contributed by atoms with van der Waals surface area (Å²) in [5, 5.41) is 0. The predicted octanol–water partition coefficient (Wildman–Crippen LogP) is 1.70. The minimum atomic E-state index is -0.854. The van der Waals surface area contributed by atoms with Gasteiger partial charge in [-0.3, -0.25) is 4.79 Å². The van der Waals surface area contributed by atoms with Crippen LogP contribution in [-0.2, 0) is 0 Å². The topological polar surface area (TPSA) is 100 Å². The van der Waals surface area contributed by atoms with Crippen LogP contribution in [0.1, 0.15) is 10.4 Å². The second-order valence-electron chi connectivity index (χ2n) is 3.86. The smallest absolute Gasteiger partial charge is 0.251 e. The molecule has 4 N–H and O–H groups in total. The highest BCUT2D eigenvalue weighted by Crippen LogP contribution is 2.28. The van der Waals surface area contributed by atoms with Crippen LogP contribution in [-0.4, -0.2) is 18.0 Å². The number of rotatable bonds is 4. The van der Waals surface area contributed by atoms with Gasteiger partial charge in [-0.1, -0.05) is 0 Å². The summed E-state index contributed by atoms with van der Waals surface area (Å²) in [6.07, 6.45) is 0. The summed E-state index contributed by atoms with van der Waals surface area (Å²) in [6, 6.07) is 6.77. The zero-order valence-electron chi connectivity index (χ0n) is 10.6. The molecule has 20 heavy (non-hydrogen) atoms. The summed E-state index contributed by atoms with van der Waals surface area (Å²) in [4.78, 5) is 14.9. The fourth-order valence-electron chi connectivity index (χ4n) is 1.50. The molecule has 0 aliphatic carbocycles. The van der Waals surface area contributed by atoms with E-state index in [9.17, 15) is 9.18 Å². The van der Waals surface area contributed by atoms with E-state index >= 15 is 0 Å². The number of hydrogen-bond acceptors (Lipinski definition) is 5. The number of ether oxygens (including phenoxy) is 2. The van der Waals surface area contributed by atoms with E-state index in [1.165, 1.54) is 19.2 Å². The molecule has 0 radical (unpaired) electrons. The van der Waals surface area contributed by atoms with Gasteiger partial charge >= 0.3 is 0 Å². The highest BCUT2D eigenvalue weighted by molar-refractivity contribution is 5.93. The van der Waals surface area contributed by atoms with E-state index in [1.54, 1.807) is 12.1 Å². The van der Waals surface area contributed by atoms with Gasteiger partial charge in [-0.15, -0.1) is 0 Å². The van der Waals surface area contributed by atoms with Gasteiger partial charge in [-0.2, -0.15) is 4.98 Å². The molecule has 2 aromatic rings. The maximum Gasteiger partial charge on any atom is 0.251 e. The Morgan fingerprint density at radius 1 is 1.30 bits per heavy atom. The van der Waals surface area contributed by atoms with Crippen molar-refractivity contribution in [1.29, 1.82) is 0 Å². The molecule has 0 aliphatic rings. The fourth-order valence-corrected chi connectivity index (χ4v) is 1.50. The third-order valence-corrected chi connectivity index (χ3v) is 2.49. The first-order chi connectivity index (χ1) is 9.51. The van der Waals surface area contributed by atoms with Gasteiger partial charge in [-0.05, 0) is 18.2 Å². The van der Waals surface area contributed by atoms with E-state index in [1.807, 2.05) is 0 Å². The summed E-state index contributed by atoms with van der Waals surface area (Å²) in [5.74, 6) is -1.11. The fraction of sp³-hybridized carbons (Fsp3) is 0.0769. The van der Waals surface area contributed by atoms with Crippen molar-refractivity contribution in [3.63, 3.8) is 0 Å². The van der Waals surface area contributed by atoms with Crippen LogP contribution in [0.25, 0.3) is 0 Å². The van der Waals surface area contributed by atoms with Gasteiger partial charge in [0.2, 0.25) is 11.8 Å². The van der Waals surface area contributed by atoms with E-state index in [0.717, 1.165) is 6.07 Å². The van der Waals surface area contributed by atoms with Gasteiger partial charge < -0.3 is 20.9 Å². The first-order valence-corrected chi connectivity index (χ1v) is 5.59. The lowest BCUT2D eigenvalue weighted by Crippen LogP contribution is -2.12. The summed E-state index contributed by atoms with van der Waals surface area (Å²) < 4.78 is 23.9. The molecule has 7 heteroatoms. The highest BCUT2D eigenvalue weighted by Gasteiger charge is 2.11. The molecular weight excluding hydrogens is 265 g/mol. The van der Waals surface area contributed by atoms with E-state index in [0.29, 0.717) is 5.88 Å². The summed E-state index contributed by atoms with van der Waals surface area (Å²) >= 11 is 0. The van der Waals surface area contributed by atoms with E-state index in [4.69, 9.17) is 20.9 Å². The molecule has 2 rings (SSSR count). The molecule has 1 aromatic heterocycles. The van der Waals surface area contributed by atoms with Crippen LogP contribution in [0.2, 0.25) is 0 Å². The average Bonchev–Trinajstić information content (AvgIpc) is 2.41. The quantitative estimate of drug-likeness (QED) is 0.885. The Labute approximate surface area is 114 Å². The summed E-state index contributed by atoms with van der Waals surface area (Å²) in [6.45, 7) is 0. The number of nitrogens with zero attached hydrogens (tertiary/aromatic N) is 1. The van der Waals surface area contributed by atoms with E-state index < -0.39 is 11.7 Å². The van der Waals surface area contributed by atoms with Gasteiger partial charge in [0.1, 0.15) is 11.6 Å². The van der Waals surface area contributed by atoms with Crippen molar-refractivity contribution in [2.75, 3.05) is 12.8 Å². The standard InChI is InChI=1S/C13H12FN3O3/c1-19-11-5-4-10(15)13(17-11)20-7-2-3-8(12(16)18)9(14)6-7/h2-6H,15H2,1H3,(H2,16,18). The first kappa shape index (κ1) is 13.6. The Hall–Kier alpha value is -2.83. The zero-order valence-corrected chi connectivity index (χ0v) is 10.6. The minimum Gasteiger partial charge on any atom is -0.481 e. The Bertz CT molecular complexity index is 661. The van der Waals surface area contributed by atoms with Crippen LogP contribution in [0.3, 0.4) is 0 Å². The second kappa shape index (κ2) is 5.43. The number of amides is 1. The van der Waals surface area contributed by atoms with Crippen molar-refractivity contribution in [3.8, 4) is 17.5 Å². The number of halogens is 1. The molecular formula is C13H12FN3O3. The Balaban J connectivity index is 2.30. The van der Waals surface area contributed by atoms with Crippen molar-refractivity contribution in [1.82, 2.24) is 4.98 Å². The number of nitrogen functional groups attached to an aromatic ring is 1. The molecule has 104 valence electrons. The van der Waals surface area contributed by atoms with Crippen molar-refractivity contribution in [2.24, 2.45) is 5.73 Å². The molecule has 0 spiro atoms. The highest BCUT2D eigenvalue weighted by atomic mass is 19.1. The molecule has 0 saturated carbocycles. The Morgan fingerprint density at radius 3 is 2.65 bits per heavy atom. The maximum atomic E-state index is 13.6. The second-order valence-corrected chi connectivity index (χ2v) is 3.86. The number of aromatic nitrogens is 1. The van der Waals surface area contributed by atoms with Crippen LogP contribution in [0.15, 0.2) is 30.3 Å². The first-order valence-electron chi connectivity index (χ1n) is 5.59. The van der Waals surface area contributed by atoms with Gasteiger partial charge in [0, 0.05) is 12.1 Å². The van der Waals surface area contributed by atoms with Crippen molar-refractivity contribution >= 4 is 11.6 Å². The van der Waals surface area contributed by atoms with Crippen LogP contribution in [0, 0.1) is 5.82 Å². The van der Waals surface area contributed by atoms with Crippen molar-refractivity contribution < 1.29 is 18.7 Å². The molecule has 0 unspecified atom stereocenters. The normalized spacial score (nSPS) is 10.1. The molecule has 1 aromatic carbocycles. The Kier molecular flexibility index (Phi) is 3.69. The molecule has 0 fully saturated rings. The number of primary amides is 1. The number of hydrogen-bond donors (Lipinski definition) is 2. The molecule has 0 atom stereocenters. The monoisotopic (exact) mass is 277 g/mol. The number of nitrogens with two attached hydrogens (primary N) is 2. The summed E-state index contributed by atoms with van der Waals surface area (Å²) in [7, 11) is 1.45. The number of benzene rings is 1. The third-order valence-electron chi connectivity index (χ3n) is 2.49. The molecule has 1 amide bonds. The van der Waals surface area contributed by atoms with Gasteiger partial charge in [0.15, 0.2) is 0 Å². The lowest BCUT2D eigenvalue weighted by Gasteiger charge is -2.09. The van der Waals surface area contributed by atoms with Crippen molar-refractivity contribution in [2.45, 2.75) is 0 Å².